The van der Waals surface area contributed by atoms with Crippen LogP contribution in [0.4, 0.5) is 0 Å². The molecule has 0 spiro atoms. The van der Waals surface area contributed by atoms with Gasteiger partial charge in [0.25, 0.3) is 16.6 Å². The van der Waals surface area contributed by atoms with Gasteiger partial charge in [-0.15, -0.1) is 19.7 Å². The van der Waals surface area contributed by atoms with Crippen molar-refractivity contribution in [2.24, 2.45) is 0 Å². The minimum absolute atomic E-state index is 0.00918. The highest BCUT2D eigenvalue weighted by Crippen LogP contribution is 2.38. The highest BCUT2D eigenvalue weighted by Gasteiger charge is 2.51. The first kappa shape index (κ1) is 54.4. The summed E-state index contributed by atoms with van der Waals surface area (Å²) in [6.07, 6.45) is 9.94. The van der Waals surface area contributed by atoms with Crippen LogP contribution in [0.25, 0.3) is 0 Å². The van der Waals surface area contributed by atoms with Crippen molar-refractivity contribution >= 4 is 37.4 Å². The normalized spacial score (nSPS) is 13.3. The highest BCUT2D eigenvalue weighted by molar-refractivity contribution is 7.00. The molecule has 62 heavy (non-hydrogen) atoms. The van der Waals surface area contributed by atoms with Gasteiger partial charge in [-0.1, -0.05) is 181 Å². The summed E-state index contributed by atoms with van der Waals surface area (Å²) in [6, 6.07) is 42.7. The molecule has 3 atom stereocenters. The van der Waals surface area contributed by atoms with Crippen molar-refractivity contribution in [3.8, 4) is 0 Å². The fraction of sp³-hybridized carbons (Fsp3) is 0.444. The lowest BCUT2D eigenvalue weighted by atomic mass is 10.2. The molecule has 0 radical (unpaired) electrons. The van der Waals surface area contributed by atoms with Gasteiger partial charge in [-0.25, -0.2) is 0 Å². The molecule has 0 bridgehead atoms. The zero-order valence-corrected chi connectivity index (χ0v) is 41.4. The maximum absolute atomic E-state index is 10.1. The molecule has 0 aliphatic carbocycles. The maximum atomic E-state index is 10.1. The average Bonchev–Trinajstić information content (AvgIpc) is 3.25. The van der Waals surface area contributed by atoms with E-state index in [0.717, 1.165) is 25.9 Å². The first-order valence-electron chi connectivity index (χ1n) is 22.6. The molecule has 0 heterocycles. The summed E-state index contributed by atoms with van der Waals surface area (Å²) in [7, 11) is -4.92. The molecule has 2 N–H and O–H groups in total. The molecule has 0 saturated carbocycles. The van der Waals surface area contributed by atoms with Gasteiger partial charge in [0.2, 0.25) is 0 Å². The standard InChI is InChI=1S/C24H34O2Si.C22H30O2Si.C8H16O2/c1-6-14-21(25-7-2)19-20-26-27(24(3,4)5,22-15-10-8-11-16-22)23-17-12-9-13-18-23;1-5-12-19(23)17-18-24-25(22(2,3)4,20-13-8-6-9-14-20)21-15-10-7-11-16-21;1-3-5-8(6-7-9)10-4-2/h6,8-13,15-18,21H,1,7,14,19-20H2,2-5H3;5-11,13-16,19,23H,1,12,17-18H2,2-4H3;3,8-9H,1,4-7H2,2H3. The summed E-state index contributed by atoms with van der Waals surface area (Å²) in [4.78, 5) is 0. The fourth-order valence-electron chi connectivity index (χ4n) is 8.05. The first-order chi connectivity index (χ1) is 29.7. The summed E-state index contributed by atoms with van der Waals surface area (Å²) in [5.41, 5.74) is 0. The first-order valence-corrected chi connectivity index (χ1v) is 26.4. The largest absolute Gasteiger partial charge is 0.407 e. The number of rotatable bonds is 24. The molecule has 0 amide bonds. The molecule has 0 aliphatic rings. The Morgan fingerprint density at radius 3 is 1.08 bits per heavy atom. The molecule has 0 fully saturated rings. The summed E-state index contributed by atoms with van der Waals surface area (Å²) >= 11 is 0. The van der Waals surface area contributed by atoms with Crippen LogP contribution in [-0.4, -0.2) is 78.2 Å². The Morgan fingerprint density at radius 1 is 0.500 bits per heavy atom. The van der Waals surface area contributed by atoms with Crippen LogP contribution in [0.1, 0.15) is 93.9 Å². The van der Waals surface area contributed by atoms with Gasteiger partial charge in [-0.05, 0) is 83.2 Å². The van der Waals surface area contributed by atoms with E-state index in [2.05, 4.69) is 170 Å². The fourth-order valence-corrected chi connectivity index (χ4v) is 17.2. The van der Waals surface area contributed by atoms with E-state index in [1.807, 2.05) is 38.1 Å². The average molecular weight is 881 g/mol. The lowest BCUT2D eigenvalue weighted by molar-refractivity contribution is 0.0462. The Labute approximate surface area is 379 Å². The van der Waals surface area contributed by atoms with Gasteiger partial charge in [0, 0.05) is 33.0 Å². The Balaban J connectivity index is 0.000000352. The van der Waals surface area contributed by atoms with E-state index in [9.17, 15) is 5.11 Å². The number of hydrogen-bond acceptors (Lipinski definition) is 6. The van der Waals surface area contributed by atoms with E-state index in [1.165, 1.54) is 20.7 Å². The smallest absolute Gasteiger partial charge is 0.261 e. The molecule has 8 heteroatoms. The minimum Gasteiger partial charge on any atom is -0.407 e. The number of ether oxygens (including phenoxy) is 2. The molecular weight excluding hydrogens is 801 g/mol. The maximum Gasteiger partial charge on any atom is 0.261 e. The summed E-state index contributed by atoms with van der Waals surface area (Å²) in [6.45, 7) is 31.7. The van der Waals surface area contributed by atoms with E-state index >= 15 is 0 Å². The molecule has 0 aromatic heterocycles. The third-order valence-corrected chi connectivity index (χ3v) is 21.0. The van der Waals surface area contributed by atoms with Gasteiger partial charge in [0.15, 0.2) is 0 Å². The van der Waals surface area contributed by atoms with Crippen LogP contribution in [0.3, 0.4) is 0 Å². The van der Waals surface area contributed by atoms with Crippen molar-refractivity contribution in [1.82, 2.24) is 0 Å². The van der Waals surface area contributed by atoms with Gasteiger partial charge in [-0.2, -0.15) is 0 Å². The molecule has 4 rings (SSSR count). The number of aliphatic hydroxyl groups is 2. The monoisotopic (exact) mass is 881 g/mol. The van der Waals surface area contributed by atoms with E-state index in [1.54, 1.807) is 6.08 Å². The van der Waals surface area contributed by atoms with Crippen molar-refractivity contribution in [2.45, 2.75) is 122 Å². The molecule has 4 aromatic carbocycles. The van der Waals surface area contributed by atoms with Crippen LogP contribution in [0.5, 0.6) is 0 Å². The quantitative estimate of drug-likeness (QED) is 0.0539. The van der Waals surface area contributed by atoms with Crippen molar-refractivity contribution in [3.05, 3.63) is 159 Å². The van der Waals surface area contributed by atoms with E-state index < -0.39 is 22.7 Å². The second-order valence-electron chi connectivity index (χ2n) is 17.5. The zero-order valence-electron chi connectivity index (χ0n) is 39.4. The zero-order chi connectivity index (χ0) is 45.9. The van der Waals surface area contributed by atoms with E-state index in [-0.39, 0.29) is 28.9 Å². The van der Waals surface area contributed by atoms with Crippen molar-refractivity contribution in [3.63, 3.8) is 0 Å². The van der Waals surface area contributed by atoms with Crippen LogP contribution in [-0.2, 0) is 18.3 Å². The van der Waals surface area contributed by atoms with Crippen LogP contribution < -0.4 is 20.7 Å². The van der Waals surface area contributed by atoms with Crippen molar-refractivity contribution in [1.29, 1.82) is 0 Å². The molecule has 0 saturated heterocycles. The van der Waals surface area contributed by atoms with Gasteiger partial charge < -0.3 is 28.5 Å². The van der Waals surface area contributed by atoms with E-state index in [0.29, 0.717) is 39.1 Å². The van der Waals surface area contributed by atoms with Crippen LogP contribution in [0, 0.1) is 0 Å². The Kier molecular flexibility index (Phi) is 25.3. The van der Waals surface area contributed by atoms with Crippen LogP contribution >= 0.6 is 0 Å². The molecule has 4 aromatic rings. The molecular formula is C54H80O6Si2. The Bertz CT molecular complexity index is 1670. The molecule has 6 nitrogen and oxygen atoms in total. The van der Waals surface area contributed by atoms with Gasteiger partial charge in [0.05, 0.1) is 18.3 Å². The topological polar surface area (TPSA) is 77.4 Å². The third kappa shape index (κ3) is 16.4. The predicted octanol–water partition coefficient (Wildman–Crippen LogP) is 10.2. The van der Waals surface area contributed by atoms with Crippen molar-refractivity contribution in [2.75, 3.05) is 33.0 Å². The second kappa shape index (κ2) is 28.9. The Morgan fingerprint density at radius 2 is 0.806 bits per heavy atom. The summed E-state index contributed by atoms with van der Waals surface area (Å²) in [5, 5.41) is 23.8. The number of aliphatic hydroxyl groups excluding tert-OH is 2. The lowest BCUT2D eigenvalue weighted by Crippen LogP contribution is -2.66. The van der Waals surface area contributed by atoms with Crippen LogP contribution in [0.15, 0.2) is 159 Å². The van der Waals surface area contributed by atoms with Gasteiger partial charge >= 0.3 is 0 Å². The molecule has 340 valence electrons. The van der Waals surface area contributed by atoms with Gasteiger partial charge in [-0.3, -0.25) is 0 Å². The highest BCUT2D eigenvalue weighted by atomic mass is 28.4. The number of benzene rings is 4. The lowest BCUT2D eigenvalue weighted by Gasteiger charge is -2.43. The minimum atomic E-state index is -2.48. The second-order valence-corrected chi connectivity index (χ2v) is 26.1. The molecule has 3 unspecified atom stereocenters. The summed E-state index contributed by atoms with van der Waals surface area (Å²) in [5.74, 6) is 0. The number of hydrogen-bond donors (Lipinski definition) is 2. The SMILES string of the molecule is C=CCC(CCO)OCC.C=CCC(CCO[Si](c1ccccc1)(c1ccccc1)C(C)(C)C)OCC.C=CCC(O)CCO[Si](c1ccccc1)(c1ccccc1)C(C)(C)C. The Hall–Kier alpha value is -3.71. The van der Waals surface area contributed by atoms with Gasteiger partial charge in [0.1, 0.15) is 0 Å². The van der Waals surface area contributed by atoms with Crippen LogP contribution in [0.2, 0.25) is 10.1 Å². The predicted molar refractivity (Wildman–Crippen MR) is 269 cm³/mol. The van der Waals surface area contributed by atoms with E-state index in [4.69, 9.17) is 23.4 Å². The molecule has 0 aliphatic heterocycles. The van der Waals surface area contributed by atoms with Crippen molar-refractivity contribution < 1.29 is 28.5 Å². The third-order valence-electron chi connectivity index (χ3n) is 10.9. The summed E-state index contributed by atoms with van der Waals surface area (Å²) < 4.78 is 24.8.